The first kappa shape index (κ1) is 10.6. The molecular weight excluding hydrogens is 226 g/mol. The molecule has 2 heterocycles. The summed E-state index contributed by atoms with van der Waals surface area (Å²) in [5.41, 5.74) is 8.02. The number of carbonyl (C=O) groups is 1. The molecule has 0 aromatic carbocycles. The number of nitrogens with one attached hydrogen (secondary N) is 1. The zero-order chi connectivity index (χ0) is 11.4. The van der Waals surface area contributed by atoms with E-state index in [1.165, 1.54) is 16.0 Å². The molecule has 2 rings (SSSR count). The second-order valence-electron chi connectivity index (χ2n) is 3.19. The van der Waals surface area contributed by atoms with Gasteiger partial charge in [-0.15, -0.1) is 11.3 Å². The highest BCUT2D eigenvalue weighted by molar-refractivity contribution is 7.07. The fourth-order valence-electron chi connectivity index (χ4n) is 1.18. The lowest BCUT2D eigenvalue weighted by atomic mass is 10.4. The molecule has 6 nitrogen and oxygen atoms in total. The summed E-state index contributed by atoms with van der Waals surface area (Å²) in [6, 6.07) is 1.65. The number of hydrogen-bond acceptors (Lipinski definition) is 5. The van der Waals surface area contributed by atoms with Crippen LogP contribution >= 0.6 is 11.3 Å². The summed E-state index contributed by atoms with van der Waals surface area (Å²) in [5.74, 6) is 0.295. The summed E-state index contributed by atoms with van der Waals surface area (Å²) >= 11 is 1.50. The van der Waals surface area contributed by atoms with E-state index in [1.54, 1.807) is 17.8 Å². The Kier molecular flexibility index (Phi) is 3.16. The molecule has 0 saturated carbocycles. The van der Waals surface area contributed by atoms with Crippen LogP contribution in [0.4, 0.5) is 5.82 Å². The van der Waals surface area contributed by atoms with Crippen molar-refractivity contribution in [3.63, 3.8) is 0 Å². The van der Waals surface area contributed by atoms with Crippen LogP contribution in [0.25, 0.3) is 0 Å². The lowest BCUT2D eigenvalue weighted by molar-refractivity contribution is -0.122. The van der Waals surface area contributed by atoms with Crippen LogP contribution < -0.4 is 11.1 Å². The Balaban J connectivity index is 1.81. The Morgan fingerprint density at radius 2 is 2.50 bits per heavy atom. The van der Waals surface area contributed by atoms with E-state index >= 15 is 0 Å². The van der Waals surface area contributed by atoms with Crippen LogP contribution in [0.3, 0.4) is 0 Å². The Hall–Kier alpha value is -1.89. The number of anilines is 1. The SMILES string of the molecule is Nc1ccn(CC(=O)NCc2cscn2)n1. The molecule has 2 aromatic heterocycles. The smallest absolute Gasteiger partial charge is 0.242 e. The molecule has 16 heavy (non-hydrogen) atoms. The van der Waals surface area contributed by atoms with Crippen LogP contribution in [0.1, 0.15) is 5.69 Å². The first-order chi connectivity index (χ1) is 7.74. The Labute approximate surface area is 96.1 Å². The van der Waals surface area contributed by atoms with Crippen LogP contribution in [0, 0.1) is 0 Å². The highest BCUT2D eigenvalue weighted by Gasteiger charge is 2.04. The maximum Gasteiger partial charge on any atom is 0.242 e. The minimum Gasteiger partial charge on any atom is -0.382 e. The van der Waals surface area contributed by atoms with E-state index in [1.807, 2.05) is 5.38 Å². The van der Waals surface area contributed by atoms with Gasteiger partial charge in [-0.05, 0) is 6.07 Å². The number of nitrogens with two attached hydrogens (primary N) is 1. The molecule has 7 heteroatoms. The standard InChI is InChI=1S/C9H11N5OS/c10-8-1-2-14(13-8)4-9(15)11-3-7-5-16-6-12-7/h1-2,5-6H,3-4H2,(H2,10,13)(H,11,15). The van der Waals surface area contributed by atoms with Crippen LogP contribution in [-0.2, 0) is 17.9 Å². The molecule has 1 amide bonds. The number of amides is 1. The van der Waals surface area contributed by atoms with E-state index in [2.05, 4.69) is 15.4 Å². The van der Waals surface area contributed by atoms with Gasteiger partial charge in [-0.3, -0.25) is 9.48 Å². The fourth-order valence-corrected chi connectivity index (χ4v) is 1.74. The van der Waals surface area contributed by atoms with Gasteiger partial charge in [0, 0.05) is 11.6 Å². The number of rotatable bonds is 4. The Morgan fingerprint density at radius 3 is 3.12 bits per heavy atom. The highest BCUT2D eigenvalue weighted by Crippen LogP contribution is 2.00. The van der Waals surface area contributed by atoms with Crippen LogP contribution in [0.15, 0.2) is 23.2 Å². The van der Waals surface area contributed by atoms with E-state index in [0.29, 0.717) is 12.4 Å². The molecule has 0 saturated heterocycles. The van der Waals surface area contributed by atoms with Crippen molar-refractivity contribution in [2.45, 2.75) is 13.1 Å². The number of hydrogen-bond donors (Lipinski definition) is 2. The van der Waals surface area contributed by atoms with Gasteiger partial charge in [0.1, 0.15) is 12.4 Å². The van der Waals surface area contributed by atoms with Gasteiger partial charge in [-0.2, -0.15) is 5.10 Å². The minimum absolute atomic E-state index is 0.115. The predicted octanol–water partition coefficient (Wildman–Crippen LogP) is 0.238. The maximum atomic E-state index is 11.5. The first-order valence-electron chi connectivity index (χ1n) is 4.67. The second-order valence-corrected chi connectivity index (χ2v) is 3.91. The van der Waals surface area contributed by atoms with E-state index in [0.717, 1.165) is 5.69 Å². The normalized spacial score (nSPS) is 10.2. The summed E-state index contributed by atoms with van der Waals surface area (Å²) in [7, 11) is 0. The van der Waals surface area contributed by atoms with E-state index in [4.69, 9.17) is 5.73 Å². The summed E-state index contributed by atoms with van der Waals surface area (Å²) < 4.78 is 1.49. The molecule has 0 aliphatic heterocycles. The first-order valence-corrected chi connectivity index (χ1v) is 5.61. The molecule has 0 unspecified atom stereocenters. The monoisotopic (exact) mass is 237 g/mol. The molecule has 3 N–H and O–H groups in total. The van der Waals surface area contributed by atoms with Crippen LogP contribution in [-0.4, -0.2) is 20.7 Å². The van der Waals surface area contributed by atoms with Gasteiger partial charge < -0.3 is 11.1 Å². The molecule has 2 aromatic rings. The zero-order valence-corrected chi connectivity index (χ0v) is 9.28. The number of carbonyl (C=O) groups excluding carboxylic acids is 1. The minimum atomic E-state index is -0.115. The molecular formula is C9H11N5OS. The zero-order valence-electron chi connectivity index (χ0n) is 8.46. The van der Waals surface area contributed by atoms with E-state index in [-0.39, 0.29) is 12.5 Å². The molecule has 84 valence electrons. The highest BCUT2D eigenvalue weighted by atomic mass is 32.1. The third-order valence-electron chi connectivity index (χ3n) is 1.92. The molecule has 0 aliphatic carbocycles. The van der Waals surface area contributed by atoms with Gasteiger partial charge in [0.2, 0.25) is 5.91 Å². The van der Waals surface area contributed by atoms with Crippen molar-refractivity contribution in [2.24, 2.45) is 0 Å². The second kappa shape index (κ2) is 4.75. The van der Waals surface area contributed by atoms with E-state index < -0.39 is 0 Å². The molecule has 0 atom stereocenters. The van der Waals surface area contributed by atoms with Gasteiger partial charge in [-0.25, -0.2) is 4.98 Å². The summed E-state index contributed by atoms with van der Waals surface area (Å²) in [5, 5.41) is 8.56. The van der Waals surface area contributed by atoms with Crippen LogP contribution in [0.2, 0.25) is 0 Å². The van der Waals surface area contributed by atoms with Gasteiger partial charge in [-0.1, -0.05) is 0 Å². The summed E-state index contributed by atoms with van der Waals surface area (Å²) in [6.07, 6.45) is 1.66. The average molecular weight is 237 g/mol. The van der Waals surface area contributed by atoms with Gasteiger partial charge >= 0.3 is 0 Å². The third kappa shape index (κ3) is 2.80. The largest absolute Gasteiger partial charge is 0.382 e. The molecule has 0 fully saturated rings. The topological polar surface area (TPSA) is 85.8 Å². The molecule has 0 spiro atoms. The molecule has 0 bridgehead atoms. The van der Waals surface area contributed by atoms with Gasteiger partial charge in [0.05, 0.1) is 17.7 Å². The Morgan fingerprint density at radius 1 is 1.62 bits per heavy atom. The fraction of sp³-hybridized carbons (Fsp3) is 0.222. The predicted molar refractivity (Wildman–Crippen MR) is 60.6 cm³/mol. The van der Waals surface area contributed by atoms with Crippen molar-refractivity contribution in [1.82, 2.24) is 20.1 Å². The number of aromatic nitrogens is 3. The van der Waals surface area contributed by atoms with Crippen molar-refractivity contribution in [2.75, 3.05) is 5.73 Å². The van der Waals surface area contributed by atoms with Crippen molar-refractivity contribution in [3.05, 3.63) is 28.8 Å². The lowest BCUT2D eigenvalue weighted by Crippen LogP contribution is -2.27. The molecule has 0 aliphatic rings. The third-order valence-corrected chi connectivity index (χ3v) is 2.55. The van der Waals surface area contributed by atoms with Crippen molar-refractivity contribution in [1.29, 1.82) is 0 Å². The number of nitrogens with zero attached hydrogens (tertiary/aromatic N) is 3. The molecule has 0 radical (unpaired) electrons. The maximum absolute atomic E-state index is 11.5. The van der Waals surface area contributed by atoms with Gasteiger partial charge in [0.25, 0.3) is 0 Å². The van der Waals surface area contributed by atoms with Crippen molar-refractivity contribution in [3.8, 4) is 0 Å². The quantitative estimate of drug-likeness (QED) is 0.797. The summed E-state index contributed by atoms with van der Waals surface area (Å²) in [4.78, 5) is 15.5. The van der Waals surface area contributed by atoms with Gasteiger partial charge in [0.15, 0.2) is 0 Å². The summed E-state index contributed by atoms with van der Waals surface area (Å²) in [6.45, 7) is 0.612. The van der Waals surface area contributed by atoms with Crippen molar-refractivity contribution >= 4 is 23.1 Å². The number of nitrogen functional groups attached to an aromatic ring is 1. The average Bonchev–Trinajstić information content (AvgIpc) is 2.87. The Bertz CT molecular complexity index is 464. The van der Waals surface area contributed by atoms with Crippen LogP contribution in [0.5, 0.6) is 0 Å². The van der Waals surface area contributed by atoms with Crippen molar-refractivity contribution < 1.29 is 4.79 Å². The lowest BCUT2D eigenvalue weighted by Gasteiger charge is -2.03. The number of thiazole rings is 1. The van der Waals surface area contributed by atoms with E-state index in [9.17, 15) is 4.79 Å².